The van der Waals surface area contributed by atoms with Crippen molar-refractivity contribution in [2.75, 3.05) is 37.8 Å². The Kier molecular flexibility index (Phi) is 5.49. The molecule has 2 rings (SSSR count). The Labute approximate surface area is 131 Å². The number of hydrogen-bond acceptors (Lipinski definition) is 4. The van der Waals surface area contributed by atoms with Crippen molar-refractivity contribution in [1.29, 1.82) is 0 Å². The summed E-state index contributed by atoms with van der Waals surface area (Å²) >= 11 is 0. The lowest BCUT2D eigenvalue weighted by atomic mass is 10.2. The Morgan fingerprint density at radius 2 is 2.00 bits per heavy atom. The van der Waals surface area contributed by atoms with Crippen molar-refractivity contribution in [1.82, 2.24) is 9.88 Å². The van der Waals surface area contributed by atoms with Gasteiger partial charge in [-0.15, -0.1) is 0 Å². The van der Waals surface area contributed by atoms with E-state index in [-0.39, 0.29) is 5.91 Å². The molecule has 1 aromatic heterocycles. The van der Waals surface area contributed by atoms with Crippen LogP contribution in [0.1, 0.15) is 15.9 Å². The topological polar surface area (TPSA) is 57.3 Å². The number of anilines is 2. The summed E-state index contributed by atoms with van der Waals surface area (Å²) in [5.41, 5.74) is 3.24. The molecule has 0 aliphatic carbocycles. The van der Waals surface area contributed by atoms with Crippen molar-refractivity contribution < 1.29 is 4.79 Å². The monoisotopic (exact) mass is 298 g/mol. The molecular formula is C17H22N4O. The fourth-order valence-corrected chi connectivity index (χ4v) is 1.99. The zero-order valence-corrected chi connectivity index (χ0v) is 13.3. The first-order valence-electron chi connectivity index (χ1n) is 7.27. The van der Waals surface area contributed by atoms with Crippen LogP contribution in [-0.2, 0) is 0 Å². The van der Waals surface area contributed by atoms with Crippen molar-refractivity contribution in [3.8, 4) is 0 Å². The third-order valence-corrected chi connectivity index (χ3v) is 3.28. The molecule has 0 bridgehead atoms. The molecule has 0 atom stereocenters. The maximum Gasteiger partial charge on any atom is 0.257 e. The summed E-state index contributed by atoms with van der Waals surface area (Å²) in [6.45, 7) is 3.68. The Bertz CT molecular complexity index is 640. The van der Waals surface area contributed by atoms with E-state index in [1.165, 1.54) is 0 Å². The van der Waals surface area contributed by atoms with E-state index < -0.39 is 0 Å². The van der Waals surface area contributed by atoms with E-state index in [2.05, 4.69) is 20.5 Å². The molecule has 5 heteroatoms. The molecule has 1 heterocycles. The number of nitrogens with zero attached hydrogens (tertiary/aromatic N) is 2. The van der Waals surface area contributed by atoms with Crippen LogP contribution < -0.4 is 10.6 Å². The molecule has 0 aliphatic heterocycles. The number of rotatable bonds is 6. The molecule has 0 spiro atoms. The summed E-state index contributed by atoms with van der Waals surface area (Å²) in [7, 11) is 4.04. The predicted octanol–water partition coefficient (Wildman–Crippen LogP) is 2.62. The minimum Gasteiger partial charge on any atom is -0.382 e. The molecule has 116 valence electrons. The van der Waals surface area contributed by atoms with Gasteiger partial charge >= 0.3 is 0 Å². The van der Waals surface area contributed by atoms with Gasteiger partial charge in [-0.05, 0) is 38.7 Å². The van der Waals surface area contributed by atoms with Gasteiger partial charge in [0.25, 0.3) is 5.91 Å². The zero-order valence-electron chi connectivity index (χ0n) is 13.3. The molecule has 0 unspecified atom stereocenters. The first kappa shape index (κ1) is 16.0. The van der Waals surface area contributed by atoms with Crippen LogP contribution in [0.3, 0.4) is 0 Å². The highest BCUT2D eigenvalue weighted by Gasteiger charge is 2.08. The van der Waals surface area contributed by atoms with Crippen LogP contribution in [0.15, 0.2) is 42.7 Å². The molecule has 1 aromatic carbocycles. The number of para-hydroxylation sites is 1. The normalized spacial score (nSPS) is 10.5. The number of hydrogen-bond donors (Lipinski definition) is 2. The van der Waals surface area contributed by atoms with Crippen molar-refractivity contribution >= 4 is 17.3 Å². The standard InChI is InChI=1S/C17H22N4O/c1-13-6-4-5-7-16(13)20-17(22)14-10-15(12-18-11-14)19-8-9-21(2)3/h4-7,10-12,19H,8-9H2,1-3H3,(H,20,22). The third kappa shape index (κ3) is 4.56. The number of benzene rings is 1. The van der Waals surface area contributed by atoms with Gasteiger partial charge in [-0.1, -0.05) is 18.2 Å². The summed E-state index contributed by atoms with van der Waals surface area (Å²) in [4.78, 5) is 18.5. The summed E-state index contributed by atoms with van der Waals surface area (Å²) in [6, 6.07) is 9.52. The van der Waals surface area contributed by atoms with Gasteiger partial charge in [0.05, 0.1) is 11.3 Å². The summed E-state index contributed by atoms with van der Waals surface area (Å²) in [5.74, 6) is -0.155. The molecule has 0 saturated carbocycles. The van der Waals surface area contributed by atoms with Crippen molar-refractivity contribution in [2.45, 2.75) is 6.92 Å². The zero-order chi connectivity index (χ0) is 15.9. The molecule has 2 N–H and O–H groups in total. The molecule has 0 fully saturated rings. The van der Waals surface area contributed by atoms with Crippen LogP contribution in [-0.4, -0.2) is 43.0 Å². The van der Waals surface area contributed by atoms with Gasteiger partial charge in [-0.25, -0.2) is 0 Å². The second kappa shape index (κ2) is 7.56. The van der Waals surface area contributed by atoms with Gasteiger partial charge in [0.15, 0.2) is 0 Å². The van der Waals surface area contributed by atoms with Crippen LogP contribution >= 0.6 is 0 Å². The minimum atomic E-state index is -0.155. The Hall–Kier alpha value is -2.40. The van der Waals surface area contributed by atoms with E-state index in [4.69, 9.17) is 0 Å². The Morgan fingerprint density at radius 3 is 2.73 bits per heavy atom. The van der Waals surface area contributed by atoms with E-state index in [0.717, 1.165) is 30.0 Å². The lowest BCUT2D eigenvalue weighted by molar-refractivity contribution is 0.102. The van der Waals surface area contributed by atoms with Crippen LogP contribution in [0.25, 0.3) is 0 Å². The Morgan fingerprint density at radius 1 is 1.23 bits per heavy atom. The average Bonchev–Trinajstić information content (AvgIpc) is 2.49. The number of nitrogens with one attached hydrogen (secondary N) is 2. The average molecular weight is 298 g/mol. The highest BCUT2D eigenvalue weighted by Crippen LogP contribution is 2.15. The van der Waals surface area contributed by atoms with Gasteiger partial charge in [0, 0.05) is 31.2 Å². The number of aryl methyl sites for hydroxylation is 1. The summed E-state index contributed by atoms with van der Waals surface area (Å²) in [5, 5.41) is 6.18. The van der Waals surface area contributed by atoms with Gasteiger partial charge in [0.2, 0.25) is 0 Å². The molecule has 5 nitrogen and oxygen atoms in total. The van der Waals surface area contributed by atoms with Crippen molar-refractivity contribution in [2.24, 2.45) is 0 Å². The lowest BCUT2D eigenvalue weighted by Crippen LogP contribution is -2.21. The van der Waals surface area contributed by atoms with Gasteiger partial charge in [-0.3, -0.25) is 9.78 Å². The van der Waals surface area contributed by atoms with Crippen LogP contribution in [0.2, 0.25) is 0 Å². The number of pyridine rings is 1. The fourth-order valence-electron chi connectivity index (χ4n) is 1.99. The summed E-state index contributed by atoms with van der Waals surface area (Å²) in [6.07, 6.45) is 3.30. The lowest BCUT2D eigenvalue weighted by Gasteiger charge is -2.12. The van der Waals surface area contributed by atoms with Gasteiger partial charge < -0.3 is 15.5 Å². The smallest absolute Gasteiger partial charge is 0.257 e. The third-order valence-electron chi connectivity index (χ3n) is 3.28. The number of likely N-dealkylation sites (N-methyl/N-ethyl adjacent to an activating group) is 1. The van der Waals surface area contributed by atoms with Crippen molar-refractivity contribution in [3.05, 3.63) is 53.9 Å². The predicted molar refractivity (Wildman–Crippen MR) is 90.4 cm³/mol. The summed E-state index contributed by atoms with van der Waals surface area (Å²) < 4.78 is 0. The van der Waals surface area contributed by atoms with Gasteiger partial charge in [0.1, 0.15) is 0 Å². The number of amides is 1. The Balaban J connectivity index is 2.02. The molecule has 0 aliphatic rings. The SMILES string of the molecule is Cc1ccccc1NC(=O)c1cncc(NCCN(C)C)c1. The highest BCUT2D eigenvalue weighted by molar-refractivity contribution is 6.04. The molecule has 0 radical (unpaired) electrons. The minimum absolute atomic E-state index is 0.155. The fraction of sp³-hybridized carbons (Fsp3) is 0.294. The maximum absolute atomic E-state index is 12.3. The van der Waals surface area contributed by atoms with Crippen LogP contribution in [0, 0.1) is 6.92 Å². The first-order chi connectivity index (χ1) is 10.6. The van der Waals surface area contributed by atoms with E-state index in [9.17, 15) is 4.79 Å². The van der Waals surface area contributed by atoms with E-state index in [1.807, 2.05) is 51.4 Å². The number of aromatic nitrogens is 1. The van der Waals surface area contributed by atoms with E-state index in [1.54, 1.807) is 12.4 Å². The maximum atomic E-state index is 12.3. The molecule has 2 aromatic rings. The van der Waals surface area contributed by atoms with E-state index >= 15 is 0 Å². The molecular weight excluding hydrogens is 276 g/mol. The van der Waals surface area contributed by atoms with E-state index in [0.29, 0.717) is 5.56 Å². The second-order valence-electron chi connectivity index (χ2n) is 5.46. The molecule has 0 saturated heterocycles. The number of carbonyl (C=O) groups is 1. The largest absolute Gasteiger partial charge is 0.382 e. The quantitative estimate of drug-likeness (QED) is 0.861. The second-order valence-corrected chi connectivity index (χ2v) is 5.46. The van der Waals surface area contributed by atoms with Crippen LogP contribution in [0.4, 0.5) is 11.4 Å². The van der Waals surface area contributed by atoms with Crippen LogP contribution in [0.5, 0.6) is 0 Å². The first-order valence-corrected chi connectivity index (χ1v) is 7.27. The molecule has 1 amide bonds. The van der Waals surface area contributed by atoms with Crippen molar-refractivity contribution in [3.63, 3.8) is 0 Å². The molecule has 22 heavy (non-hydrogen) atoms. The highest BCUT2D eigenvalue weighted by atomic mass is 16.1. The number of carbonyl (C=O) groups excluding carboxylic acids is 1. The van der Waals surface area contributed by atoms with Gasteiger partial charge in [-0.2, -0.15) is 0 Å².